The number of hydrogen-bond donors (Lipinski definition) is 2. The summed E-state index contributed by atoms with van der Waals surface area (Å²) in [5.74, 6) is 1.53. The van der Waals surface area contributed by atoms with Gasteiger partial charge in [0.25, 0.3) is 0 Å². The fourth-order valence-corrected chi connectivity index (χ4v) is 4.67. The zero-order chi connectivity index (χ0) is 26.4. The zero-order valence-corrected chi connectivity index (χ0v) is 21.4. The molecule has 0 radical (unpaired) electrons. The third kappa shape index (κ3) is 6.26. The predicted molar refractivity (Wildman–Crippen MR) is 144 cm³/mol. The Morgan fingerprint density at radius 3 is 2.54 bits per heavy atom. The van der Waals surface area contributed by atoms with Crippen LogP contribution in [0.15, 0.2) is 55.4 Å². The average molecular weight is 532 g/mol. The molecule has 1 unspecified atom stereocenters. The van der Waals surface area contributed by atoms with Crippen LogP contribution >= 0.6 is 0 Å². The van der Waals surface area contributed by atoms with Crippen LogP contribution < -0.4 is 20.4 Å². The topological polar surface area (TPSA) is 122 Å². The van der Waals surface area contributed by atoms with Crippen molar-refractivity contribution in [1.82, 2.24) is 40.0 Å². The van der Waals surface area contributed by atoms with Crippen molar-refractivity contribution in [3.8, 4) is 0 Å². The molecule has 13 heteroatoms. The molecule has 2 fully saturated rings. The number of morpholine rings is 1. The van der Waals surface area contributed by atoms with Crippen LogP contribution in [0.4, 0.5) is 27.9 Å². The van der Waals surface area contributed by atoms with Crippen molar-refractivity contribution in [3.63, 3.8) is 0 Å². The van der Waals surface area contributed by atoms with E-state index in [9.17, 15) is 4.39 Å². The molecule has 0 amide bonds. The van der Waals surface area contributed by atoms with Crippen LogP contribution in [0.25, 0.3) is 0 Å². The Morgan fingerprint density at radius 2 is 1.77 bits per heavy atom. The number of piperazine rings is 1. The molecule has 4 aromatic rings. The summed E-state index contributed by atoms with van der Waals surface area (Å²) in [6.07, 6.45) is 9.29. The quantitative estimate of drug-likeness (QED) is 0.345. The Labute approximate surface area is 225 Å². The van der Waals surface area contributed by atoms with Gasteiger partial charge in [0.05, 0.1) is 31.1 Å². The fraction of sp³-hybridized carbons (Fsp3) is 0.385. The van der Waals surface area contributed by atoms with Gasteiger partial charge in [-0.05, 0) is 17.2 Å². The largest absolute Gasteiger partial charge is 0.374 e. The number of nitrogens with one attached hydrogen (secondary N) is 2. The van der Waals surface area contributed by atoms with E-state index < -0.39 is 0 Å². The molecule has 202 valence electrons. The lowest BCUT2D eigenvalue weighted by molar-refractivity contribution is 0.0161. The van der Waals surface area contributed by atoms with E-state index in [1.807, 2.05) is 16.9 Å². The number of aromatic nitrogens is 7. The Balaban J connectivity index is 1.02. The van der Waals surface area contributed by atoms with Crippen LogP contribution in [0.3, 0.4) is 0 Å². The second kappa shape index (κ2) is 11.7. The standard InChI is InChI=1S/C26H30FN11O/c27-23-4-2-1-3-20(23)11-19-12-29-25(30-13-19)36-6-8-37(9-7-36)26-32-18-31-24(35-26)34-21-14-33-38(16-21)17-22-15-28-5-10-39-22/h1-4,12-14,16,18,22,28H,5-11,15,17H2,(H,31,32,34,35). The molecule has 2 aliphatic heterocycles. The first-order valence-corrected chi connectivity index (χ1v) is 13.0. The number of anilines is 4. The molecule has 39 heavy (non-hydrogen) atoms. The fourth-order valence-electron chi connectivity index (χ4n) is 4.67. The molecule has 1 aromatic carbocycles. The van der Waals surface area contributed by atoms with E-state index in [1.165, 1.54) is 12.4 Å². The number of halogens is 1. The Kier molecular flexibility index (Phi) is 7.50. The van der Waals surface area contributed by atoms with Gasteiger partial charge >= 0.3 is 0 Å². The zero-order valence-electron chi connectivity index (χ0n) is 21.4. The molecule has 1 atom stereocenters. The molecule has 0 spiro atoms. The SMILES string of the molecule is Fc1ccccc1Cc1cnc(N2CCN(c3ncnc(Nc4cnn(CC5CNCCO5)c4)n3)CC2)nc1. The van der Waals surface area contributed by atoms with Crippen LogP contribution in [0, 0.1) is 5.82 Å². The van der Waals surface area contributed by atoms with Gasteiger partial charge in [-0.2, -0.15) is 10.1 Å². The van der Waals surface area contributed by atoms with Gasteiger partial charge in [-0.3, -0.25) is 4.68 Å². The number of hydrogen-bond acceptors (Lipinski definition) is 11. The summed E-state index contributed by atoms with van der Waals surface area (Å²) in [6.45, 7) is 6.00. The summed E-state index contributed by atoms with van der Waals surface area (Å²) in [7, 11) is 0. The Bertz CT molecular complexity index is 1370. The van der Waals surface area contributed by atoms with Gasteiger partial charge in [0.15, 0.2) is 0 Å². The lowest BCUT2D eigenvalue weighted by atomic mass is 10.1. The number of rotatable bonds is 8. The molecule has 2 aliphatic rings. The number of benzene rings is 1. The molecule has 6 rings (SSSR count). The first-order valence-electron chi connectivity index (χ1n) is 13.0. The summed E-state index contributed by atoms with van der Waals surface area (Å²) < 4.78 is 21.6. The summed E-state index contributed by atoms with van der Waals surface area (Å²) in [5.41, 5.74) is 2.31. The van der Waals surface area contributed by atoms with Crippen molar-refractivity contribution in [2.45, 2.75) is 19.1 Å². The monoisotopic (exact) mass is 531 g/mol. The summed E-state index contributed by atoms with van der Waals surface area (Å²) in [5, 5.41) is 11.0. The van der Waals surface area contributed by atoms with Crippen LogP contribution in [-0.2, 0) is 17.7 Å². The molecule has 0 saturated carbocycles. The first kappa shape index (κ1) is 25.1. The van der Waals surface area contributed by atoms with Gasteiger partial charge in [-0.1, -0.05) is 18.2 Å². The summed E-state index contributed by atoms with van der Waals surface area (Å²) >= 11 is 0. The minimum absolute atomic E-state index is 0.108. The molecular weight excluding hydrogens is 501 g/mol. The Hall–Kier alpha value is -4.23. The lowest BCUT2D eigenvalue weighted by Gasteiger charge is -2.34. The highest BCUT2D eigenvalue weighted by Gasteiger charge is 2.21. The highest BCUT2D eigenvalue weighted by Crippen LogP contribution is 2.18. The molecule has 3 aromatic heterocycles. The summed E-state index contributed by atoms with van der Waals surface area (Å²) in [4.78, 5) is 26.6. The van der Waals surface area contributed by atoms with E-state index >= 15 is 0 Å². The molecule has 0 aliphatic carbocycles. The van der Waals surface area contributed by atoms with Gasteiger partial charge in [0.2, 0.25) is 17.8 Å². The third-order valence-corrected chi connectivity index (χ3v) is 6.73. The highest BCUT2D eigenvalue weighted by molar-refractivity contribution is 5.51. The second-order valence-electron chi connectivity index (χ2n) is 9.52. The maximum absolute atomic E-state index is 14.0. The maximum Gasteiger partial charge on any atom is 0.232 e. The van der Waals surface area contributed by atoms with E-state index in [0.717, 1.165) is 57.1 Å². The molecular formula is C26H30FN11O. The predicted octanol–water partition coefficient (Wildman–Crippen LogP) is 1.65. The lowest BCUT2D eigenvalue weighted by Crippen LogP contribution is -2.47. The van der Waals surface area contributed by atoms with Gasteiger partial charge in [-0.25, -0.2) is 24.3 Å². The minimum Gasteiger partial charge on any atom is -0.374 e. The van der Waals surface area contributed by atoms with Crippen molar-refractivity contribution >= 4 is 23.5 Å². The van der Waals surface area contributed by atoms with E-state index in [0.29, 0.717) is 36.4 Å². The van der Waals surface area contributed by atoms with E-state index in [1.54, 1.807) is 30.7 Å². The van der Waals surface area contributed by atoms with Gasteiger partial charge < -0.3 is 25.2 Å². The second-order valence-corrected chi connectivity index (χ2v) is 9.52. The van der Waals surface area contributed by atoms with E-state index in [2.05, 4.69) is 50.5 Å². The van der Waals surface area contributed by atoms with Gasteiger partial charge in [-0.15, -0.1) is 0 Å². The molecule has 5 heterocycles. The van der Waals surface area contributed by atoms with Crippen LogP contribution in [0.5, 0.6) is 0 Å². The third-order valence-electron chi connectivity index (χ3n) is 6.73. The average Bonchev–Trinajstić information content (AvgIpc) is 3.42. The van der Waals surface area contributed by atoms with Gasteiger partial charge in [0, 0.05) is 64.3 Å². The smallest absolute Gasteiger partial charge is 0.232 e. The van der Waals surface area contributed by atoms with E-state index in [4.69, 9.17) is 4.74 Å². The van der Waals surface area contributed by atoms with Gasteiger partial charge in [0.1, 0.15) is 12.1 Å². The Morgan fingerprint density at radius 1 is 0.974 bits per heavy atom. The molecule has 2 N–H and O–H groups in total. The first-order chi connectivity index (χ1) is 19.2. The normalized spacial score (nSPS) is 17.8. The van der Waals surface area contributed by atoms with Crippen LogP contribution in [0.1, 0.15) is 11.1 Å². The van der Waals surface area contributed by atoms with Crippen molar-refractivity contribution in [3.05, 3.63) is 72.3 Å². The van der Waals surface area contributed by atoms with Crippen molar-refractivity contribution in [1.29, 1.82) is 0 Å². The molecule has 2 saturated heterocycles. The highest BCUT2D eigenvalue weighted by atomic mass is 19.1. The minimum atomic E-state index is -0.216. The number of nitrogens with zero attached hydrogens (tertiary/aromatic N) is 9. The maximum atomic E-state index is 14.0. The summed E-state index contributed by atoms with van der Waals surface area (Å²) in [6, 6.07) is 6.77. The molecule has 12 nitrogen and oxygen atoms in total. The van der Waals surface area contributed by atoms with E-state index in [-0.39, 0.29) is 11.9 Å². The molecule has 0 bridgehead atoms. The van der Waals surface area contributed by atoms with Crippen molar-refractivity contribution in [2.75, 3.05) is 61.0 Å². The number of ether oxygens (including phenoxy) is 1. The van der Waals surface area contributed by atoms with Crippen LogP contribution in [0.2, 0.25) is 0 Å². The van der Waals surface area contributed by atoms with Crippen molar-refractivity contribution in [2.24, 2.45) is 0 Å². The van der Waals surface area contributed by atoms with Crippen LogP contribution in [-0.4, -0.2) is 86.7 Å². The van der Waals surface area contributed by atoms with Crippen molar-refractivity contribution < 1.29 is 9.13 Å².